The van der Waals surface area contributed by atoms with Gasteiger partial charge in [-0.1, -0.05) is 0 Å². The number of rotatable bonds is 4. The normalized spacial score (nSPS) is 10.1. The van der Waals surface area contributed by atoms with Crippen molar-refractivity contribution in [3.05, 3.63) is 12.2 Å². The van der Waals surface area contributed by atoms with E-state index in [0.717, 1.165) is 6.33 Å². The lowest BCUT2D eigenvalue weighted by atomic mass is 10.4. The van der Waals surface area contributed by atoms with E-state index in [4.69, 9.17) is 5.11 Å². The number of hydrogen-bond donors (Lipinski definition) is 1. The number of aromatic nitrogens is 3. The number of aromatic carboxylic acids is 1. The molecule has 0 spiro atoms. The molecule has 0 aliphatic rings. The van der Waals surface area contributed by atoms with Gasteiger partial charge in [-0.2, -0.15) is 5.10 Å². The minimum atomic E-state index is -1.15. The molecule has 12 heavy (non-hydrogen) atoms. The van der Waals surface area contributed by atoms with Gasteiger partial charge in [-0.3, -0.25) is 4.39 Å². The average molecular weight is 173 g/mol. The maximum Gasteiger partial charge on any atom is 0.373 e. The van der Waals surface area contributed by atoms with Crippen molar-refractivity contribution < 1.29 is 14.3 Å². The summed E-state index contributed by atoms with van der Waals surface area (Å²) >= 11 is 0. The van der Waals surface area contributed by atoms with E-state index in [9.17, 15) is 9.18 Å². The van der Waals surface area contributed by atoms with E-state index in [1.807, 2.05) is 0 Å². The van der Waals surface area contributed by atoms with Crippen LogP contribution in [0.5, 0.6) is 0 Å². The third kappa shape index (κ3) is 1.77. The van der Waals surface area contributed by atoms with Crippen LogP contribution >= 0.6 is 0 Å². The van der Waals surface area contributed by atoms with E-state index in [1.165, 1.54) is 4.68 Å². The lowest BCUT2D eigenvalue weighted by Crippen LogP contribution is -2.11. The Morgan fingerprint density at radius 3 is 3.08 bits per heavy atom. The third-order valence-electron chi connectivity index (χ3n) is 1.31. The minimum absolute atomic E-state index is 0.150. The van der Waals surface area contributed by atoms with Crippen LogP contribution in [0, 0.1) is 0 Å². The van der Waals surface area contributed by atoms with Crippen molar-refractivity contribution in [1.29, 1.82) is 0 Å². The second-order valence-electron chi connectivity index (χ2n) is 2.15. The number of carbonyl (C=O) groups is 1. The van der Waals surface area contributed by atoms with E-state index in [1.54, 1.807) is 0 Å². The molecule has 0 aromatic carbocycles. The summed E-state index contributed by atoms with van der Waals surface area (Å²) in [6, 6.07) is 0. The molecule has 0 unspecified atom stereocenters. The molecule has 6 heteroatoms. The fourth-order valence-electron chi connectivity index (χ4n) is 0.803. The van der Waals surface area contributed by atoms with E-state index in [-0.39, 0.29) is 18.8 Å². The third-order valence-corrected chi connectivity index (χ3v) is 1.31. The van der Waals surface area contributed by atoms with Gasteiger partial charge in [0, 0.05) is 6.54 Å². The SMILES string of the molecule is O=C(O)c1ncnn1CCCF. The highest BCUT2D eigenvalue weighted by Gasteiger charge is 2.10. The first-order valence-corrected chi connectivity index (χ1v) is 3.42. The Bertz CT molecular complexity index is 274. The Balaban J connectivity index is 2.70. The molecule has 1 aromatic rings. The monoisotopic (exact) mass is 173 g/mol. The lowest BCUT2D eigenvalue weighted by molar-refractivity contribution is 0.0676. The summed E-state index contributed by atoms with van der Waals surface area (Å²) in [6.07, 6.45) is 1.39. The Kier molecular flexibility index (Phi) is 2.73. The van der Waals surface area contributed by atoms with Gasteiger partial charge in [-0.25, -0.2) is 14.5 Å². The molecule has 1 N–H and O–H groups in total. The summed E-state index contributed by atoms with van der Waals surface area (Å²) < 4.78 is 12.9. The van der Waals surface area contributed by atoms with Crippen LogP contribution in [0.25, 0.3) is 0 Å². The molecule has 0 aliphatic heterocycles. The molecule has 1 rings (SSSR count). The largest absolute Gasteiger partial charge is 0.475 e. The minimum Gasteiger partial charge on any atom is -0.475 e. The van der Waals surface area contributed by atoms with Crippen molar-refractivity contribution in [1.82, 2.24) is 14.8 Å². The van der Waals surface area contributed by atoms with Gasteiger partial charge in [-0.05, 0) is 6.42 Å². The van der Waals surface area contributed by atoms with Gasteiger partial charge in [0.15, 0.2) is 0 Å². The van der Waals surface area contributed by atoms with Gasteiger partial charge >= 0.3 is 5.97 Å². The fourth-order valence-corrected chi connectivity index (χ4v) is 0.803. The van der Waals surface area contributed by atoms with Crippen LogP contribution in [0.4, 0.5) is 4.39 Å². The number of carboxylic acids is 1. The van der Waals surface area contributed by atoms with Crippen molar-refractivity contribution in [2.45, 2.75) is 13.0 Å². The van der Waals surface area contributed by atoms with Crippen LogP contribution in [-0.2, 0) is 6.54 Å². The Labute approximate surface area is 67.8 Å². The predicted octanol–water partition coefficient (Wildman–Crippen LogP) is 0.336. The van der Waals surface area contributed by atoms with Crippen molar-refractivity contribution >= 4 is 5.97 Å². The maximum absolute atomic E-state index is 11.7. The van der Waals surface area contributed by atoms with Gasteiger partial charge < -0.3 is 5.11 Å². The maximum atomic E-state index is 11.7. The standard InChI is InChI=1S/C6H8FN3O2/c7-2-1-3-10-5(6(11)12)8-4-9-10/h4H,1-3H2,(H,11,12). The summed E-state index contributed by atoms with van der Waals surface area (Å²) in [7, 11) is 0. The van der Waals surface area contributed by atoms with E-state index < -0.39 is 12.6 Å². The second kappa shape index (κ2) is 3.80. The highest BCUT2D eigenvalue weighted by molar-refractivity contribution is 5.83. The van der Waals surface area contributed by atoms with E-state index >= 15 is 0 Å². The van der Waals surface area contributed by atoms with E-state index in [0.29, 0.717) is 0 Å². The molecule has 0 bridgehead atoms. The summed E-state index contributed by atoms with van der Waals surface area (Å²) in [4.78, 5) is 13.9. The molecule has 0 amide bonds. The first kappa shape index (κ1) is 8.63. The number of halogens is 1. The summed E-state index contributed by atoms with van der Waals surface area (Å²) in [5.74, 6) is -1.30. The first-order valence-electron chi connectivity index (χ1n) is 3.42. The molecule has 0 radical (unpaired) electrons. The zero-order valence-electron chi connectivity index (χ0n) is 6.27. The average Bonchev–Trinajstić information content (AvgIpc) is 2.48. The lowest BCUT2D eigenvalue weighted by Gasteiger charge is -1.98. The molecule has 1 heterocycles. The van der Waals surface area contributed by atoms with Crippen molar-refractivity contribution in [3.8, 4) is 0 Å². The van der Waals surface area contributed by atoms with Gasteiger partial charge in [0.25, 0.3) is 0 Å². The highest BCUT2D eigenvalue weighted by Crippen LogP contribution is 1.95. The van der Waals surface area contributed by atoms with Crippen LogP contribution in [0.2, 0.25) is 0 Å². The molecular formula is C6H8FN3O2. The number of carboxylic acid groups (broad SMARTS) is 1. The Morgan fingerprint density at radius 2 is 2.50 bits per heavy atom. The number of hydrogen-bond acceptors (Lipinski definition) is 3. The van der Waals surface area contributed by atoms with Crippen LogP contribution in [0.15, 0.2) is 6.33 Å². The quantitative estimate of drug-likeness (QED) is 0.712. The number of aryl methyl sites for hydroxylation is 1. The Hall–Kier alpha value is -1.46. The molecular weight excluding hydrogens is 165 g/mol. The zero-order chi connectivity index (χ0) is 8.97. The van der Waals surface area contributed by atoms with Crippen LogP contribution in [-0.4, -0.2) is 32.5 Å². The van der Waals surface area contributed by atoms with Crippen LogP contribution in [0.3, 0.4) is 0 Å². The van der Waals surface area contributed by atoms with Crippen molar-refractivity contribution in [2.75, 3.05) is 6.67 Å². The highest BCUT2D eigenvalue weighted by atomic mass is 19.1. The molecule has 66 valence electrons. The molecule has 0 fully saturated rings. The molecule has 0 saturated carbocycles. The van der Waals surface area contributed by atoms with E-state index in [2.05, 4.69) is 10.1 Å². The summed E-state index contributed by atoms with van der Waals surface area (Å²) in [5, 5.41) is 12.2. The number of nitrogens with zero attached hydrogens (tertiary/aromatic N) is 3. The fraction of sp³-hybridized carbons (Fsp3) is 0.500. The molecule has 5 nitrogen and oxygen atoms in total. The first-order chi connectivity index (χ1) is 5.75. The molecule has 0 atom stereocenters. The predicted molar refractivity (Wildman–Crippen MR) is 37.6 cm³/mol. The van der Waals surface area contributed by atoms with Gasteiger partial charge in [0.1, 0.15) is 6.33 Å². The summed E-state index contributed by atoms with van der Waals surface area (Å²) in [6.45, 7) is -0.239. The molecule has 0 saturated heterocycles. The Morgan fingerprint density at radius 1 is 1.75 bits per heavy atom. The van der Waals surface area contributed by atoms with Crippen molar-refractivity contribution in [2.24, 2.45) is 0 Å². The topological polar surface area (TPSA) is 68.0 Å². The van der Waals surface area contributed by atoms with Gasteiger partial charge in [0.2, 0.25) is 5.82 Å². The number of alkyl halides is 1. The van der Waals surface area contributed by atoms with Crippen LogP contribution < -0.4 is 0 Å². The van der Waals surface area contributed by atoms with Crippen molar-refractivity contribution in [3.63, 3.8) is 0 Å². The molecule has 0 aliphatic carbocycles. The van der Waals surface area contributed by atoms with Crippen LogP contribution in [0.1, 0.15) is 17.0 Å². The van der Waals surface area contributed by atoms with Gasteiger partial charge in [-0.15, -0.1) is 0 Å². The molecule has 1 aromatic heterocycles. The zero-order valence-corrected chi connectivity index (χ0v) is 6.27. The van der Waals surface area contributed by atoms with Gasteiger partial charge in [0.05, 0.1) is 6.67 Å². The summed E-state index contributed by atoms with van der Waals surface area (Å²) in [5.41, 5.74) is 0. The smallest absolute Gasteiger partial charge is 0.373 e. The second-order valence-corrected chi connectivity index (χ2v) is 2.15.